The molecular formula is C32H27ClN2O3. The topological polar surface area (TPSA) is 72.2 Å². The lowest BCUT2D eigenvalue weighted by Gasteiger charge is -2.16. The van der Waals surface area contributed by atoms with Crippen LogP contribution in [0.5, 0.6) is 11.5 Å². The fourth-order valence-electron chi connectivity index (χ4n) is 4.04. The van der Waals surface area contributed by atoms with Crippen LogP contribution in [0.2, 0.25) is 5.02 Å². The largest absolute Gasteiger partial charge is 0.488 e. The molecule has 0 aliphatic heterocycles. The van der Waals surface area contributed by atoms with E-state index in [0.29, 0.717) is 39.5 Å². The first-order chi connectivity index (χ1) is 17.9. The zero-order valence-electron chi connectivity index (χ0n) is 20.4. The molecule has 0 radical (unpaired) electrons. The maximum absolute atomic E-state index is 11.6. The maximum atomic E-state index is 11.6. The third-order valence-electron chi connectivity index (χ3n) is 6.12. The molecule has 0 atom stereocenters. The van der Waals surface area contributed by atoms with E-state index in [1.165, 1.54) is 12.3 Å². The van der Waals surface area contributed by atoms with E-state index in [0.717, 1.165) is 33.4 Å². The van der Waals surface area contributed by atoms with Gasteiger partial charge in [0.1, 0.15) is 30.8 Å². The lowest BCUT2D eigenvalue weighted by atomic mass is 9.92. The van der Waals surface area contributed by atoms with E-state index in [4.69, 9.17) is 32.8 Å². The fraction of sp³-hybridized carbons (Fsp3) is 0.156. The second-order valence-electron chi connectivity index (χ2n) is 8.42. The van der Waals surface area contributed by atoms with Crippen LogP contribution in [0, 0.1) is 37.5 Å². The number of hydrogen-bond donors (Lipinski definition) is 0. The van der Waals surface area contributed by atoms with Gasteiger partial charge >= 0.3 is 0 Å². The molecule has 0 N–H and O–H groups in total. The summed E-state index contributed by atoms with van der Waals surface area (Å²) in [7, 11) is 0. The summed E-state index contributed by atoms with van der Waals surface area (Å²) in [5, 5.41) is 9.37. The van der Waals surface area contributed by atoms with E-state index in [2.05, 4.69) is 23.0 Å². The Balaban J connectivity index is 0.00000400. The lowest BCUT2D eigenvalue weighted by Crippen LogP contribution is -2.03. The molecule has 0 aliphatic rings. The Morgan fingerprint density at radius 1 is 0.974 bits per heavy atom. The van der Waals surface area contributed by atoms with Crippen LogP contribution in [0.3, 0.4) is 0 Å². The van der Waals surface area contributed by atoms with E-state index in [1.54, 1.807) is 18.3 Å². The first-order valence-corrected chi connectivity index (χ1v) is 11.9. The van der Waals surface area contributed by atoms with Crippen molar-refractivity contribution in [1.82, 2.24) is 4.98 Å². The minimum absolute atomic E-state index is 0. The molecule has 0 saturated carbocycles. The molecule has 1 aromatic heterocycles. The number of rotatable bonds is 8. The minimum atomic E-state index is 0. The fourth-order valence-corrected chi connectivity index (χ4v) is 4.26. The Hall–Kier alpha value is -4.58. The molecule has 4 rings (SSSR count). The lowest BCUT2D eigenvalue weighted by molar-refractivity contribution is 0.111. The van der Waals surface area contributed by atoms with Crippen molar-refractivity contribution in [3.05, 3.63) is 111 Å². The van der Waals surface area contributed by atoms with E-state index in [9.17, 15) is 4.79 Å². The first kappa shape index (κ1) is 28.0. The molecule has 0 saturated heterocycles. The van der Waals surface area contributed by atoms with Crippen molar-refractivity contribution in [2.24, 2.45) is 0 Å². The highest BCUT2D eigenvalue weighted by Crippen LogP contribution is 2.34. The van der Waals surface area contributed by atoms with E-state index < -0.39 is 0 Å². The smallest absolute Gasteiger partial charge is 0.153 e. The number of hydrogen-bond acceptors (Lipinski definition) is 5. The molecular weight excluding hydrogens is 496 g/mol. The summed E-state index contributed by atoms with van der Waals surface area (Å²) in [6, 6.07) is 18.8. The van der Waals surface area contributed by atoms with Crippen LogP contribution in [-0.4, -0.2) is 11.3 Å². The molecule has 5 nitrogen and oxygen atoms in total. The molecule has 6 heteroatoms. The summed E-state index contributed by atoms with van der Waals surface area (Å²) >= 11 is 6.42. The summed E-state index contributed by atoms with van der Waals surface area (Å²) < 4.78 is 11.9. The van der Waals surface area contributed by atoms with Gasteiger partial charge in [-0.2, -0.15) is 5.26 Å². The normalized spacial score (nSPS) is 10.0. The number of aromatic nitrogens is 1. The van der Waals surface area contributed by atoms with Gasteiger partial charge in [-0.15, -0.1) is 6.42 Å². The molecule has 0 amide bonds. The number of nitriles is 1. The number of benzene rings is 3. The van der Waals surface area contributed by atoms with Gasteiger partial charge in [-0.3, -0.25) is 9.78 Å². The van der Waals surface area contributed by atoms with Gasteiger partial charge in [0.2, 0.25) is 0 Å². The number of terminal acetylenes is 1. The van der Waals surface area contributed by atoms with Gasteiger partial charge in [-0.25, -0.2) is 0 Å². The van der Waals surface area contributed by atoms with Crippen LogP contribution in [0.25, 0.3) is 11.1 Å². The average molecular weight is 523 g/mol. The van der Waals surface area contributed by atoms with Gasteiger partial charge in [0.25, 0.3) is 0 Å². The molecule has 0 bridgehead atoms. The SMILES string of the molecule is C.C#Cc1cccc(-c2cccc(COc3cc(OCc4cncc(C#N)c4)c(C=O)cc3Cl)c2C)c1C. The Kier molecular flexibility index (Phi) is 9.28. The van der Waals surface area contributed by atoms with Crippen molar-refractivity contribution < 1.29 is 14.3 Å². The molecule has 4 aromatic rings. The maximum Gasteiger partial charge on any atom is 0.153 e. The number of ether oxygens (including phenoxy) is 2. The third-order valence-corrected chi connectivity index (χ3v) is 6.41. The van der Waals surface area contributed by atoms with Gasteiger partial charge in [-0.05, 0) is 59.9 Å². The monoisotopic (exact) mass is 522 g/mol. The van der Waals surface area contributed by atoms with Crippen LogP contribution in [0.15, 0.2) is 67.0 Å². The summed E-state index contributed by atoms with van der Waals surface area (Å²) in [5.41, 5.74) is 7.55. The minimum Gasteiger partial charge on any atom is -0.488 e. The van der Waals surface area contributed by atoms with Crippen LogP contribution in [0.4, 0.5) is 0 Å². The highest BCUT2D eigenvalue weighted by atomic mass is 35.5. The molecule has 1 heterocycles. The van der Waals surface area contributed by atoms with Crippen LogP contribution < -0.4 is 9.47 Å². The molecule has 0 fully saturated rings. The van der Waals surface area contributed by atoms with Gasteiger partial charge in [-0.1, -0.05) is 55.3 Å². The highest BCUT2D eigenvalue weighted by molar-refractivity contribution is 6.32. The molecule has 190 valence electrons. The van der Waals surface area contributed by atoms with Gasteiger partial charge in [0, 0.05) is 29.6 Å². The molecule has 3 aromatic carbocycles. The molecule has 38 heavy (non-hydrogen) atoms. The number of carbonyl (C=O) groups excluding carboxylic acids is 1. The van der Waals surface area contributed by atoms with Gasteiger partial charge in [0.05, 0.1) is 16.1 Å². The Morgan fingerprint density at radius 2 is 1.68 bits per heavy atom. The second-order valence-corrected chi connectivity index (χ2v) is 8.83. The predicted octanol–water partition coefficient (Wildman–Crippen LogP) is 7.48. The van der Waals surface area contributed by atoms with Gasteiger partial charge in [0.15, 0.2) is 6.29 Å². The molecule has 0 spiro atoms. The Bertz CT molecular complexity index is 1560. The van der Waals surface area contributed by atoms with Crippen molar-refractivity contribution in [3.63, 3.8) is 0 Å². The van der Waals surface area contributed by atoms with Crippen LogP contribution in [-0.2, 0) is 13.2 Å². The summed E-state index contributed by atoms with van der Waals surface area (Å²) in [6.45, 7) is 4.46. The summed E-state index contributed by atoms with van der Waals surface area (Å²) in [5.74, 6) is 3.45. The van der Waals surface area contributed by atoms with Crippen molar-refractivity contribution in [1.29, 1.82) is 5.26 Å². The standard InChI is InChI=1S/C31H23ClN2O3.CH4/c1-4-24-7-5-9-27(20(24)2)28-10-6-8-25(21(28)3)19-37-31-13-30(26(17-35)12-29(31)32)36-18-23-11-22(14-33)15-34-16-23;/h1,5-13,15-17H,18-19H2,2-3H3;1H4. The zero-order chi connectivity index (χ0) is 26.4. The number of nitrogens with zero attached hydrogens (tertiary/aromatic N) is 2. The van der Waals surface area contributed by atoms with Crippen molar-refractivity contribution >= 4 is 17.9 Å². The van der Waals surface area contributed by atoms with E-state index in [1.807, 2.05) is 44.2 Å². The Labute approximate surface area is 228 Å². The third kappa shape index (κ3) is 6.03. The quantitative estimate of drug-likeness (QED) is 0.177. The average Bonchev–Trinajstić information content (AvgIpc) is 2.92. The van der Waals surface area contributed by atoms with Crippen molar-refractivity contribution in [2.75, 3.05) is 0 Å². The molecule has 0 aliphatic carbocycles. The summed E-state index contributed by atoms with van der Waals surface area (Å²) in [6.07, 6.45) is 9.41. The second kappa shape index (κ2) is 12.6. The van der Waals surface area contributed by atoms with E-state index >= 15 is 0 Å². The van der Waals surface area contributed by atoms with Crippen LogP contribution in [0.1, 0.15) is 51.2 Å². The van der Waals surface area contributed by atoms with Crippen molar-refractivity contribution in [3.8, 4) is 41.0 Å². The van der Waals surface area contributed by atoms with Crippen LogP contribution >= 0.6 is 11.6 Å². The first-order valence-electron chi connectivity index (χ1n) is 11.5. The predicted molar refractivity (Wildman–Crippen MR) is 150 cm³/mol. The number of carbonyl (C=O) groups is 1. The molecule has 0 unspecified atom stereocenters. The Morgan fingerprint density at radius 3 is 2.39 bits per heavy atom. The van der Waals surface area contributed by atoms with Crippen molar-refractivity contribution in [2.45, 2.75) is 34.5 Å². The van der Waals surface area contributed by atoms with E-state index in [-0.39, 0.29) is 20.6 Å². The zero-order valence-corrected chi connectivity index (χ0v) is 21.2. The number of aldehydes is 1. The van der Waals surface area contributed by atoms with Gasteiger partial charge < -0.3 is 9.47 Å². The highest BCUT2D eigenvalue weighted by Gasteiger charge is 2.14. The number of halogens is 1. The number of pyridine rings is 1. The summed E-state index contributed by atoms with van der Waals surface area (Å²) in [4.78, 5) is 15.7.